The van der Waals surface area contributed by atoms with Gasteiger partial charge in [0.2, 0.25) is 0 Å². The summed E-state index contributed by atoms with van der Waals surface area (Å²) in [4.78, 5) is 0. The van der Waals surface area contributed by atoms with Gasteiger partial charge in [-0.25, -0.2) is 0 Å². The fourth-order valence-corrected chi connectivity index (χ4v) is 2.22. The number of thiophene rings is 1. The molecule has 1 heterocycles. The van der Waals surface area contributed by atoms with Crippen LogP contribution in [0.25, 0.3) is 0 Å². The fourth-order valence-electron chi connectivity index (χ4n) is 0.556. The van der Waals surface area contributed by atoms with E-state index >= 15 is 0 Å². The minimum atomic E-state index is 0.823. The predicted molar refractivity (Wildman–Crippen MR) is 51.2 cm³/mol. The standard InChI is InChI=1S/C8H10OS2/c1-7(9-2)6-11-8-4-3-5-10-8/h3-5H,1,6H2,2H3. The number of ether oxygens (including phenoxy) is 1. The lowest BCUT2D eigenvalue weighted by molar-refractivity contribution is 0.298. The van der Waals surface area contributed by atoms with E-state index in [4.69, 9.17) is 4.74 Å². The van der Waals surface area contributed by atoms with E-state index in [0.717, 1.165) is 11.5 Å². The van der Waals surface area contributed by atoms with Crippen LogP contribution in [0.15, 0.2) is 34.1 Å². The molecule has 0 bridgehead atoms. The average Bonchev–Trinajstić information content (AvgIpc) is 2.52. The molecule has 11 heavy (non-hydrogen) atoms. The molecule has 0 aliphatic heterocycles. The highest BCUT2D eigenvalue weighted by molar-refractivity contribution is 8.01. The zero-order valence-corrected chi connectivity index (χ0v) is 8.00. The van der Waals surface area contributed by atoms with Gasteiger partial charge in [0.05, 0.1) is 22.8 Å². The van der Waals surface area contributed by atoms with E-state index < -0.39 is 0 Å². The topological polar surface area (TPSA) is 9.23 Å². The molecule has 0 aromatic carbocycles. The number of methoxy groups -OCH3 is 1. The van der Waals surface area contributed by atoms with Crippen LogP contribution in [0.1, 0.15) is 0 Å². The van der Waals surface area contributed by atoms with Gasteiger partial charge in [-0.2, -0.15) is 0 Å². The van der Waals surface area contributed by atoms with Crippen LogP contribution >= 0.6 is 23.1 Å². The summed E-state index contributed by atoms with van der Waals surface area (Å²) in [5.74, 6) is 1.67. The van der Waals surface area contributed by atoms with Crippen LogP contribution < -0.4 is 0 Å². The Balaban J connectivity index is 2.29. The molecule has 0 unspecified atom stereocenters. The third-order valence-corrected chi connectivity index (χ3v) is 3.35. The highest BCUT2D eigenvalue weighted by Crippen LogP contribution is 2.24. The summed E-state index contributed by atoms with van der Waals surface area (Å²) in [5, 5.41) is 2.07. The van der Waals surface area contributed by atoms with Crippen molar-refractivity contribution >= 4 is 23.1 Å². The predicted octanol–water partition coefficient (Wildman–Crippen LogP) is 3.00. The van der Waals surface area contributed by atoms with E-state index in [2.05, 4.69) is 18.0 Å². The van der Waals surface area contributed by atoms with Gasteiger partial charge in [0.1, 0.15) is 0 Å². The van der Waals surface area contributed by atoms with Gasteiger partial charge < -0.3 is 4.74 Å². The molecule has 3 heteroatoms. The van der Waals surface area contributed by atoms with Gasteiger partial charge in [-0.15, -0.1) is 23.1 Å². The van der Waals surface area contributed by atoms with E-state index in [1.165, 1.54) is 4.21 Å². The fraction of sp³-hybridized carbons (Fsp3) is 0.250. The molecule has 0 amide bonds. The van der Waals surface area contributed by atoms with Crippen LogP contribution in [0.4, 0.5) is 0 Å². The minimum absolute atomic E-state index is 0.823. The normalized spacial score (nSPS) is 9.55. The van der Waals surface area contributed by atoms with E-state index in [-0.39, 0.29) is 0 Å². The van der Waals surface area contributed by atoms with Crippen molar-refractivity contribution in [3.8, 4) is 0 Å². The molecule has 0 aliphatic carbocycles. The highest BCUT2D eigenvalue weighted by Gasteiger charge is 1.96. The molecular formula is C8H10OS2. The molecule has 1 nitrogen and oxygen atoms in total. The zero-order valence-electron chi connectivity index (χ0n) is 6.37. The first kappa shape index (κ1) is 8.68. The number of hydrogen-bond donors (Lipinski definition) is 0. The van der Waals surface area contributed by atoms with Crippen molar-refractivity contribution in [3.63, 3.8) is 0 Å². The van der Waals surface area contributed by atoms with Crippen molar-refractivity contribution in [3.05, 3.63) is 29.9 Å². The molecule has 60 valence electrons. The average molecular weight is 186 g/mol. The third kappa shape index (κ3) is 2.99. The van der Waals surface area contributed by atoms with Crippen LogP contribution in [0.2, 0.25) is 0 Å². The maximum absolute atomic E-state index is 4.94. The van der Waals surface area contributed by atoms with Crippen molar-refractivity contribution < 1.29 is 4.74 Å². The summed E-state index contributed by atoms with van der Waals surface area (Å²) in [6.45, 7) is 3.73. The first-order valence-corrected chi connectivity index (χ1v) is 5.07. The number of rotatable bonds is 4. The molecule has 0 N–H and O–H groups in total. The second-order valence-electron chi connectivity index (χ2n) is 1.96. The Kier molecular flexibility index (Phi) is 3.52. The minimum Gasteiger partial charge on any atom is -0.501 e. The molecule has 0 fully saturated rings. The summed E-state index contributed by atoms with van der Waals surface area (Å²) < 4.78 is 6.25. The smallest absolute Gasteiger partial charge is 0.0986 e. The Morgan fingerprint density at radius 2 is 2.64 bits per heavy atom. The molecule has 1 rings (SSSR count). The van der Waals surface area contributed by atoms with E-state index in [1.807, 2.05) is 6.07 Å². The summed E-state index contributed by atoms with van der Waals surface area (Å²) in [6.07, 6.45) is 0. The SMILES string of the molecule is C=C(CSc1cccs1)OC. The lowest BCUT2D eigenvalue weighted by atomic mass is 10.7. The number of hydrogen-bond acceptors (Lipinski definition) is 3. The van der Waals surface area contributed by atoms with Crippen LogP contribution in [-0.4, -0.2) is 12.9 Å². The van der Waals surface area contributed by atoms with E-state index in [9.17, 15) is 0 Å². The van der Waals surface area contributed by atoms with Gasteiger partial charge in [-0.3, -0.25) is 0 Å². The van der Waals surface area contributed by atoms with Crippen molar-refractivity contribution in [2.45, 2.75) is 4.21 Å². The van der Waals surface area contributed by atoms with Crippen molar-refractivity contribution in [1.82, 2.24) is 0 Å². The molecule has 1 aromatic rings. The second-order valence-corrected chi connectivity index (χ2v) is 4.19. The van der Waals surface area contributed by atoms with E-state index in [1.54, 1.807) is 30.2 Å². The summed E-state index contributed by atoms with van der Waals surface area (Å²) >= 11 is 3.50. The first-order valence-electron chi connectivity index (χ1n) is 3.21. The van der Waals surface area contributed by atoms with Crippen molar-refractivity contribution in [2.75, 3.05) is 12.9 Å². The monoisotopic (exact) mass is 186 g/mol. The molecule has 0 spiro atoms. The summed E-state index contributed by atoms with van der Waals surface area (Å²) in [7, 11) is 1.65. The summed E-state index contributed by atoms with van der Waals surface area (Å²) in [5.41, 5.74) is 0. The van der Waals surface area contributed by atoms with Gasteiger partial charge in [0.15, 0.2) is 0 Å². The largest absolute Gasteiger partial charge is 0.501 e. The Hall–Kier alpha value is -0.410. The maximum Gasteiger partial charge on any atom is 0.0986 e. The summed E-state index contributed by atoms with van der Waals surface area (Å²) in [6, 6.07) is 4.14. The van der Waals surface area contributed by atoms with Gasteiger partial charge in [-0.05, 0) is 11.4 Å². The molecule has 0 saturated heterocycles. The zero-order chi connectivity index (χ0) is 8.10. The van der Waals surface area contributed by atoms with Gasteiger partial charge in [-0.1, -0.05) is 12.6 Å². The molecule has 0 saturated carbocycles. The first-order chi connectivity index (χ1) is 5.33. The lowest BCUT2D eigenvalue weighted by Crippen LogP contribution is -1.86. The molecule has 0 radical (unpaired) electrons. The van der Waals surface area contributed by atoms with Gasteiger partial charge >= 0.3 is 0 Å². The second kappa shape index (κ2) is 4.46. The van der Waals surface area contributed by atoms with Gasteiger partial charge in [0, 0.05) is 0 Å². The molecular weight excluding hydrogens is 176 g/mol. The Morgan fingerprint density at radius 3 is 3.18 bits per heavy atom. The van der Waals surface area contributed by atoms with Crippen LogP contribution in [0.5, 0.6) is 0 Å². The Bertz CT molecular complexity index is 216. The van der Waals surface area contributed by atoms with Crippen LogP contribution in [0.3, 0.4) is 0 Å². The number of thioether (sulfide) groups is 1. The molecule has 0 atom stereocenters. The van der Waals surface area contributed by atoms with E-state index in [0.29, 0.717) is 0 Å². The van der Waals surface area contributed by atoms with Crippen LogP contribution in [0, 0.1) is 0 Å². The Labute approximate surface area is 75.1 Å². The molecule has 1 aromatic heterocycles. The molecule has 0 aliphatic rings. The lowest BCUT2D eigenvalue weighted by Gasteiger charge is -2.00. The van der Waals surface area contributed by atoms with Crippen LogP contribution in [-0.2, 0) is 4.74 Å². The van der Waals surface area contributed by atoms with Crippen molar-refractivity contribution in [1.29, 1.82) is 0 Å². The highest BCUT2D eigenvalue weighted by atomic mass is 32.2. The third-order valence-electron chi connectivity index (χ3n) is 1.16. The Morgan fingerprint density at radius 1 is 1.82 bits per heavy atom. The maximum atomic E-state index is 4.94. The quantitative estimate of drug-likeness (QED) is 0.528. The van der Waals surface area contributed by atoms with Crippen molar-refractivity contribution in [2.24, 2.45) is 0 Å². The van der Waals surface area contributed by atoms with Gasteiger partial charge in [0.25, 0.3) is 0 Å².